The standard InChI is InChI=1S/C18H24N2O5/c1-11-7-5-6-8-12(11)15-13(16(23)19(3)10-14(21)22)9-18(2,17(24)25)20(15)4/h5-8,13,15H,9-10H2,1-4H3,(H,21,22)(H,24,25)/t13-,15-,18-/m1/s1. The van der Waals surface area contributed by atoms with E-state index >= 15 is 0 Å². The SMILES string of the molecule is Cc1ccccc1[C@@H]1[C@H](C(=O)N(C)CC(=O)O)C[C@](C)(C(=O)O)N1C. The average Bonchev–Trinajstić information content (AvgIpc) is 2.80. The number of carboxylic acid groups (broad SMARTS) is 2. The van der Waals surface area contributed by atoms with Crippen molar-refractivity contribution in [3.63, 3.8) is 0 Å². The molecule has 1 aliphatic heterocycles. The maximum absolute atomic E-state index is 12.9. The van der Waals surface area contributed by atoms with Crippen LogP contribution in [0.5, 0.6) is 0 Å². The van der Waals surface area contributed by atoms with Crippen molar-refractivity contribution < 1.29 is 24.6 Å². The summed E-state index contributed by atoms with van der Waals surface area (Å²) in [5.41, 5.74) is 0.655. The number of nitrogens with zero attached hydrogens (tertiary/aromatic N) is 2. The van der Waals surface area contributed by atoms with Crippen molar-refractivity contribution in [1.29, 1.82) is 0 Å². The van der Waals surface area contributed by atoms with E-state index in [4.69, 9.17) is 5.11 Å². The number of rotatable bonds is 5. The van der Waals surface area contributed by atoms with Gasteiger partial charge in [0.05, 0.1) is 5.92 Å². The number of aliphatic carboxylic acids is 2. The summed E-state index contributed by atoms with van der Waals surface area (Å²) in [6, 6.07) is 7.13. The number of likely N-dealkylation sites (tertiary alicyclic amines) is 1. The van der Waals surface area contributed by atoms with E-state index in [9.17, 15) is 19.5 Å². The van der Waals surface area contributed by atoms with Crippen molar-refractivity contribution in [1.82, 2.24) is 9.80 Å². The van der Waals surface area contributed by atoms with Crippen LogP contribution in [0.2, 0.25) is 0 Å². The number of likely N-dealkylation sites (N-methyl/N-ethyl adjacent to an activating group) is 2. The van der Waals surface area contributed by atoms with E-state index in [0.717, 1.165) is 16.0 Å². The van der Waals surface area contributed by atoms with E-state index < -0.39 is 36.0 Å². The van der Waals surface area contributed by atoms with Gasteiger partial charge in [0.2, 0.25) is 5.91 Å². The highest BCUT2D eigenvalue weighted by molar-refractivity contribution is 5.87. The van der Waals surface area contributed by atoms with Gasteiger partial charge in [-0.25, -0.2) is 0 Å². The molecule has 0 spiro atoms. The second-order valence-electron chi connectivity index (χ2n) is 6.89. The third-order valence-corrected chi connectivity index (χ3v) is 5.23. The minimum Gasteiger partial charge on any atom is -0.480 e. The fourth-order valence-corrected chi connectivity index (χ4v) is 3.63. The molecule has 0 aromatic heterocycles. The first-order valence-electron chi connectivity index (χ1n) is 8.08. The Bertz CT molecular complexity index is 704. The Morgan fingerprint density at radius 1 is 1.28 bits per heavy atom. The van der Waals surface area contributed by atoms with Gasteiger partial charge < -0.3 is 15.1 Å². The molecule has 0 radical (unpaired) electrons. The van der Waals surface area contributed by atoms with Gasteiger partial charge in [0.25, 0.3) is 0 Å². The van der Waals surface area contributed by atoms with Crippen LogP contribution in [0.1, 0.15) is 30.5 Å². The lowest BCUT2D eigenvalue weighted by Crippen LogP contribution is -2.46. The minimum absolute atomic E-state index is 0.126. The van der Waals surface area contributed by atoms with Crippen LogP contribution < -0.4 is 0 Å². The fourth-order valence-electron chi connectivity index (χ4n) is 3.63. The third kappa shape index (κ3) is 3.37. The van der Waals surface area contributed by atoms with Gasteiger partial charge >= 0.3 is 11.9 Å². The molecule has 25 heavy (non-hydrogen) atoms. The summed E-state index contributed by atoms with van der Waals surface area (Å²) in [4.78, 5) is 38.5. The van der Waals surface area contributed by atoms with Gasteiger partial charge in [0.1, 0.15) is 12.1 Å². The molecule has 1 saturated heterocycles. The second kappa shape index (κ2) is 6.84. The zero-order valence-electron chi connectivity index (χ0n) is 14.9. The number of aryl methyl sites for hydroxylation is 1. The van der Waals surface area contributed by atoms with Gasteiger partial charge in [-0.1, -0.05) is 24.3 Å². The van der Waals surface area contributed by atoms with Crippen molar-refractivity contribution in [3.05, 3.63) is 35.4 Å². The smallest absolute Gasteiger partial charge is 0.323 e. The topological polar surface area (TPSA) is 98.2 Å². The van der Waals surface area contributed by atoms with Crippen molar-refractivity contribution in [3.8, 4) is 0 Å². The number of carbonyl (C=O) groups is 3. The van der Waals surface area contributed by atoms with E-state index in [2.05, 4.69) is 0 Å². The summed E-state index contributed by atoms with van der Waals surface area (Å²) >= 11 is 0. The van der Waals surface area contributed by atoms with E-state index in [1.54, 1.807) is 18.9 Å². The molecule has 1 aromatic carbocycles. The Morgan fingerprint density at radius 3 is 2.40 bits per heavy atom. The minimum atomic E-state index is -1.20. The lowest BCUT2D eigenvalue weighted by Gasteiger charge is -2.33. The number of carboxylic acids is 2. The maximum Gasteiger partial charge on any atom is 0.323 e. The highest BCUT2D eigenvalue weighted by Gasteiger charge is 2.55. The van der Waals surface area contributed by atoms with E-state index in [0.29, 0.717) is 0 Å². The molecule has 3 atom stereocenters. The number of hydrogen-bond acceptors (Lipinski definition) is 4. The molecule has 1 fully saturated rings. The molecule has 2 rings (SSSR count). The van der Waals surface area contributed by atoms with Crippen LogP contribution in [0.25, 0.3) is 0 Å². The highest BCUT2D eigenvalue weighted by atomic mass is 16.4. The number of hydrogen-bond donors (Lipinski definition) is 2. The average molecular weight is 348 g/mol. The predicted octanol–water partition coefficient (Wildman–Crippen LogP) is 1.37. The molecule has 0 unspecified atom stereocenters. The molecule has 0 bridgehead atoms. The molecule has 136 valence electrons. The van der Waals surface area contributed by atoms with Gasteiger partial charge in [0, 0.05) is 13.1 Å². The Balaban J connectivity index is 2.47. The van der Waals surface area contributed by atoms with Crippen LogP contribution in [0.4, 0.5) is 0 Å². The van der Waals surface area contributed by atoms with Crippen LogP contribution in [-0.4, -0.2) is 64.0 Å². The van der Waals surface area contributed by atoms with Gasteiger partial charge in [-0.05, 0) is 38.4 Å². The van der Waals surface area contributed by atoms with Crippen LogP contribution in [0, 0.1) is 12.8 Å². The van der Waals surface area contributed by atoms with E-state index in [1.807, 2.05) is 31.2 Å². The largest absolute Gasteiger partial charge is 0.480 e. The summed E-state index contributed by atoms with van der Waals surface area (Å²) in [5, 5.41) is 18.6. The molecule has 1 aromatic rings. The van der Waals surface area contributed by atoms with Crippen LogP contribution in [0.3, 0.4) is 0 Å². The second-order valence-corrected chi connectivity index (χ2v) is 6.89. The monoisotopic (exact) mass is 348 g/mol. The first-order chi connectivity index (χ1) is 11.6. The Morgan fingerprint density at radius 2 is 1.88 bits per heavy atom. The lowest BCUT2D eigenvalue weighted by molar-refractivity contribution is -0.148. The van der Waals surface area contributed by atoms with Crippen LogP contribution >= 0.6 is 0 Å². The van der Waals surface area contributed by atoms with Crippen LogP contribution in [-0.2, 0) is 14.4 Å². The maximum atomic E-state index is 12.9. The first-order valence-corrected chi connectivity index (χ1v) is 8.08. The molecule has 1 aliphatic rings. The molecule has 1 heterocycles. The van der Waals surface area contributed by atoms with Gasteiger partial charge in [0.15, 0.2) is 0 Å². The molecule has 7 heteroatoms. The lowest BCUT2D eigenvalue weighted by atomic mass is 9.87. The Kier molecular flexibility index (Phi) is 5.17. The Hall–Kier alpha value is -2.41. The van der Waals surface area contributed by atoms with Crippen molar-refractivity contribution in [2.75, 3.05) is 20.6 Å². The Labute approximate surface area is 146 Å². The predicted molar refractivity (Wildman–Crippen MR) is 91.1 cm³/mol. The van der Waals surface area contributed by atoms with Gasteiger partial charge in [-0.15, -0.1) is 0 Å². The zero-order valence-corrected chi connectivity index (χ0v) is 14.9. The van der Waals surface area contributed by atoms with Gasteiger partial charge in [-0.3, -0.25) is 19.3 Å². The molecule has 0 saturated carbocycles. The molecular weight excluding hydrogens is 324 g/mol. The van der Waals surface area contributed by atoms with Gasteiger partial charge in [-0.2, -0.15) is 0 Å². The summed E-state index contributed by atoms with van der Waals surface area (Å²) in [7, 11) is 3.14. The highest BCUT2D eigenvalue weighted by Crippen LogP contribution is 2.47. The van der Waals surface area contributed by atoms with Crippen molar-refractivity contribution in [2.45, 2.75) is 31.8 Å². The fraction of sp³-hybridized carbons (Fsp3) is 0.500. The summed E-state index contributed by atoms with van der Waals surface area (Å²) in [5.74, 6) is -3.08. The summed E-state index contributed by atoms with van der Waals surface area (Å²) in [6.07, 6.45) is 0.126. The number of carbonyl (C=O) groups excluding carboxylic acids is 1. The third-order valence-electron chi connectivity index (χ3n) is 5.23. The molecule has 2 N–H and O–H groups in total. The molecule has 1 amide bonds. The molecular formula is C18H24N2O5. The van der Waals surface area contributed by atoms with E-state index in [-0.39, 0.29) is 12.3 Å². The molecule has 7 nitrogen and oxygen atoms in total. The van der Waals surface area contributed by atoms with E-state index in [1.165, 1.54) is 7.05 Å². The molecule has 0 aliphatic carbocycles. The normalized spacial score (nSPS) is 26.4. The number of benzene rings is 1. The van der Waals surface area contributed by atoms with Crippen molar-refractivity contribution >= 4 is 17.8 Å². The summed E-state index contributed by atoms with van der Waals surface area (Å²) < 4.78 is 0. The first kappa shape index (κ1) is 18.9. The zero-order chi connectivity index (χ0) is 18.9. The quantitative estimate of drug-likeness (QED) is 0.834. The van der Waals surface area contributed by atoms with Crippen molar-refractivity contribution in [2.24, 2.45) is 5.92 Å². The van der Waals surface area contributed by atoms with Crippen LogP contribution in [0.15, 0.2) is 24.3 Å². The summed E-state index contributed by atoms with van der Waals surface area (Å²) in [6.45, 7) is 3.11. The number of amides is 1.